The zero-order chi connectivity index (χ0) is 21.1. The number of aryl methyl sites for hydroxylation is 1. The molecule has 1 saturated heterocycles. The molecule has 6 nitrogen and oxygen atoms in total. The summed E-state index contributed by atoms with van der Waals surface area (Å²) >= 11 is 0. The molecule has 0 bridgehead atoms. The highest BCUT2D eigenvalue weighted by molar-refractivity contribution is 6.00. The second-order valence-electron chi connectivity index (χ2n) is 6.89. The van der Waals surface area contributed by atoms with Crippen LogP contribution in [0, 0.1) is 24.5 Å². The average Bonchev–Trinajstić information content (AvgIpc) is 3.06. The van der Waals surface area contributed by atoms with E-state index in [-0.39, 0.29) is 24.3 Å². The molecule has 0 saturated carbocycles. The van der Waals surface area contributed by atoms with E-state index in [0.29, 0.717) is 5.56 Å². The van der Waals surface area contributed by atoms with Gasteiger partial charge in [-0.1, -0.05) is 18.2 Å². The number of benzene rings is 2. The number of amides is 2. The molecule has 29 heavy (non-hydrogen) atoms. The molecule has 3 rings (SSSR count). The fraction of sp³-hybridized carbons (Fsp3) is 0.286. The number of rotatable bonds is 5. The number of carbonyl (C=O) groups excluding carboxylic acids is 3. The SMILES string of the molecule is Cc1ccc(NC(=O)[C@@H](C)OC(=O)[C@@H]2CC(=O)N(c3ccccc3F)C2)cc1F. The lowest BCUT2D eigenvalue weighted by atomic mass is 10.1. The van der Waals surface area contributed by atoms with Crippen LogP contribution in [-0.4, -0.2) is 30.4 Å². The Kier molecular flexibility index (Phi) is 5.91. The number of ether oxygens (including phenoxy) is 1. The predicted octanol–water partition coefficient (Wildman–Crippen LogP) is 3.20. The van der Waals surface area contributed by atoms with Crippen molar-refractivity contribution in [3.8, 4) is 0 Å². The Labute approximate surface area is 166 Å². The Balaban J connectivity index is 1.59. The number of para-hydroxylation sites is 1. The van der Waals surface area contributed by atoms with Crippen molar-refractivity contribution in [1.82, 2.24) is 0 Å². The third-order valence-electron chi connectivity index (χ3n) is 4.70. The highest BCUT2D eigenvalue weighted by Crippen LogP contribution is 2.28. The maximum Gasteiger partial charge on any atom is 0.312 e. The van der Waals surface area contributed by atoms with E-state index < -0.39 is 41.4 Å². The van der Waals surface area contributed by atoms with Crippen LogP contribution in [0.3, 0.4) is 0 Å². The molecule has 2 aromatic rings. The van der Waals surface area contributed by atoms with Crippen molar-refractivity contribution in [1.29, 1.82) is 0 Å². The summed E-state index contributed by atoms with van der Waals surface area (Å²) < 4.78 is 32.7. The van der Waals surface area contributed by atoms with Crippen LogP contribution in [0.4, 0.5) is 20.2 Å². The van der Waals surface area contributed by atoms with E-state index >= 15 is 0 Å². The molecule has 8 heteroatoms. The first kappa shape index (κ1) is 20.4. The number of nitrogens with one attached hydrogen (secondary N) is 1. The number of halogens is 2. The van der Waals surface area contributed by atoms with E-state index in [1.807, 2.05) is 0 Å². The maximum atomic E-state index is 13.9. The Bertz CT molecular complexity index is 963. The van der Waals surface area contributed by atoms with Crippen molar-refractivity contribution >= 4 is 29.2 Å². The number of hydrogen-bond acceptors (Lipinski definition) is 4. The molecule has 1 aliphatic rings. The van der Waals surface area contributed by atoms with Crippen molar-refractivity contribution in [2.75, 3.05) is 16.8 Å². The first-order valence-corrected chi connectivity index (χ1v) is 9.08. The van der Waals surface area contributed by atoms with E-state index in [9.17, 15) is 23.2 Å². The quantitative estimate of drug-likeness (QED) is 0.780. The highest BCUT2D eigenvalue weighted by atomic mass is 19.1. The van der Waals surface area contributed by atoms with Crippen LogP contribution in [0.1, 0.15) is 18.9 Å². The zero-order valence-corrected chi connectivity index (χ0v) is 15.9. The maximum absolute atomic E-state index is 13.9. The molecule has 2 amide bonds. The largest absolute Gasteiger partial charge is 0.452 e. The van der Waals surface area contributed by atoms with Crippen LogP contribution < -0.4 is 10.2 Å². The molecular weight excluding hydrogens is 382 g/mol. The van der Waals surface area contributed by atoms with Gasteiger partial charge in [-0.3, -0.25) is 14.4 Å². The van der Waals surface area contributed by atoms with Crippen LogP contribution in [0.25, 0.3) is 0 Å². The Morgan fingerprint density at radius 3 is 2.59 bits per heavy atom. The van der Waals surface area contributed by atoms with Gasteiger partial charge in [0.2, 0.25) is 5.91 Å². The van der Waals surface area contributed by atoms with Gasteiger partial charge >= 0.3 is 5.97 Å². The van der Waals surface area contributed by atoms with Crippen LogP contribution in [0.2, 0.25) is 0 Å². The average molecular weight is 402 g/mol. The summed E-state index contributed by atoms with van der Waals surface area (Å²) in [6.07, 6.45) is -1.28. The van der Waals surface area contributed by atoms with Crippen LogP contribution in [-0.2, 0) is 19.1 Å². The number of carbonyl (C=O) groups is 3. The van der Waals surface area contributed by atoms with E-state index in [4.69, 9.17) is 4.74 Å². The molecule has 1 fully saturated rings. The highest BCUT2D eigenvalue weighted by Gasteiger charge is 2.38. The number of hydrogen-bond donors (Lipinski definition) is 1. The van der Waals surface area contributed by atoms with Crippen molar-refractivity contribution in [3.63, 3.8) is 0 Å². The monoisotopic (exact) mass is 402 g/mol. The van der Waals surface area contributed by atoms with Crippen molar-refractivity contribution in [2.24, 2.45) is 5.92 Å². The molecule has 2 atom stereocenters. The van der Waals surface area contributed by atoms with E-state index in [1.165, 1.54) is 48.2 Å². The van der Waals surface area contributed by atoms with Crippen LogP contribution >= 0.6 is 0 Å². The molecule has 0 radical (unpaired) electrons. The molecule has 0 unspecified atom stereocenters. The van der Waals surface area contributed by atoms with Gasteiger partial charge in [0.05, 0.1) is 11.6 Å². The van der Waals surface area contributed by atoms with E-state index in [0.717, 1.165) is 0 Å². The van der Waals surface area contributed by atoms with Gasteiger partial charge in [0.15, 0.2) is 6.10 Å². The predicted molar refractivity (Wildman–Crippen MR) is 102 cm³/mol. The molecule has 1 N–H and O–H groups in total. The molecule has 0 spiro atoms. The standard InChI is InChI=1S/C21H20F2N2O4/c1-12-7-8-15(10-17(12)23)24-20(27)13(2)29-21(28)14-9-19(26)25(11-14)18-6-4-3-5-16(18)22/h3-8,10,13-14H,9,11H2,1-2H3,(H,24,27)/t13-,14-/m1/s1. The first-order valence-electron chi connectivity index (χ1n) is 9.08. The number of anilines is 2. The van der Waals surface area contributed by atoms with Gasteiger partial charge in [0.1, 0.15) is 11.6 Å². The second kappa shape index (κ2) is 8.38. The Morgan fingerprint density at radius 2 is 1.90 bits per heavy atom. The van der Waals surface area contributed by atoms with Gasteiger partial charge < -0.3 is 15.0 Å². The van der Waals surface area contributed by atoms with Crippen molar-refractivity contribution in [3.05, 3.63) is 59.7 Å². The smallest absolute Gasteiger partial charge is 0.312 e. The Morgan fingerprint density at radius 1 is 1.17 bits per heavy atom. The third-order valence-corrected chi connectivity index (χ3v) is 4.70. The van der Waals surface area contributed by atoms with Crippen LogP contribution in [0.15, 0.2) is 42.5 Å². The fourth-order valence-corrected chi connectivity index (χ4v) is 3.01. The number of esters is 1. The molecule has 152 valence electrons. The molecule has 1 aliphatic heterocycles. The minimum Gasteiger partial charge on any atom is -0.452 e. The minimum absolute atomic E-state index is 0.0316. The van der Waals surface area contributed by atoms with Crippen molar-refractivity contribution in [2.45, 2.75) is 26.4 Å². The van der Waals surface area contributed by atoms with E-state index in [1.54, 1.807) is 13.0 Å². The fourth-order valence-electron chi connectivity index (χ4n) is 3.01. The summed E-state index contributed by atoms with van der Waals surface area (Å²) in [7, 11) is 0. The first-order chi connectivity index (χ1) is 13.8. The Hall–Kier alpha value is -3.29. The van der Waals surface area contributed by atoms with Gasteiger partial charge in [0, 0.05) is 18.7 Å². The molecule has 1 heterocycles. The lowest BCUT2D eigenvalue weighted by Crippen LogP contribution is -2.33. The van der Waals surface area contributed by atoms with Gasteiger partial charge in [-0.2, -0.15) is 0 Å². The summed E-state index contributed by atoms with van der Waals surface area (Å²) in [5.41, 5.74) is 0.774. The lowest BCUT2D eigenvalue weighted by Gasteiger charge is -2.18. The molecular formula is C21H20F2N2O4. The number of nitrogens with zero attached hydrogens (tertiary/aromatic N) is 1. The third kappa shape index (κ3) is 4.59. The summed E-state index contributed by atoms with van der Waals surface area (Å²) in [6, 6.07) is 10.0. The normalized spacial score (nSPS) is 17.2. The summed E-state index contributed by atoms with van der Waals surface area (Å²) in [6.45, 7) is 2.94. The van der Waals surface area contributed by atoms with Crippen LogP contribution in [0.5, 0.6) is 0 Å². The minimum atomic E-state index is -1.15. The van der Waals surface area contributed by atoms with Gasteiger partial charge in [-0.05, 0) is 43.7 Å². The van der Waals surface area contributed by atoms with Gasteiger partial charge in [-0.25, -0.2) is 8.78 Å². The zero-order valence-electron chi connectivity index (χ0n) is 15.9. The molecule has 2 aromatic carbocycles. The summed E-state index contributed by atoms with van der Waals surface area (Å²) in [4.78, 5) is 38.0. The molecule has 0 aromatic heterocycles. The van der Waals surface area contributed by atoms with E-state index in [2.05, 4.69) is 5.32 Å². The van der Waals surface area contributed by atoms with Gasteiger partial charge in [0.25, 0.3) is 5.91 Å². The second-order valence-corrected chi connectivity index (χ2v) is 6.89. The lowest BCUT2D eigenvalue weighted by molar-refractivity contribution is -0.157. The van der Waals surface area contributed by atoms with Gasteiger partial charge in [-0.15, -0.1) is 0 Å². The van der Waals surface area contributed by atoms with Crippen molar-refractivity contribution < 1.29 is 27.9 Å². The molecule has 0 aliphatic carbocycles. The summed E-state index contributed by atoms with van der Waals surface area (Å²) in [5, 5.41) is 2.47. The summed E-state index contributed by atoms with van der Waals surface area (Å²) in [5.74, 6) is -3.59. The topological polar surface area (TPSA) is 75.7 Å².